The van der Waals surface area contributed by atoms with Crippen LogP contribution in [-0.4, -0.2) is 43.0 Å². The minimum atomic E-state index is -2.42. The van der Waals surface area contributed by atoms with E-state index < -0.39 is 5.92 Å². The topological polar surface area (TPSA) is 15.3 Å². The van der Waals surface area contributed by atoms with E-state index in [1.165, 1.54) is 12.8 Å². The molecule has 2 saturated heterocycles. The van der Waals surface area contributed by atoms with Crippen LogP contribution in [0.1, 0.15) is 32.1 Å². The van der Waals surface area contributed by atoms with Crippen molar-refractivity contribution in [2.75, 3.05) is 26.2 Å². The molecule has 1 atom stereocenters. The van der Waals surface area contributed by atoms with Crippen LogP contribution in [0.3, 0.4) is 0 Å². The molecule has 88 valence electrons. The first kappa shape index (κ1) is 11.3. The van der Waals surface area contributed by atoms with Crippen molar-refractivity contribution in [3.8, 4) is 0 Å². The predicted octanol–water partition coefficient (Wildman–Crippen LogP) is 1.86. The summed E-state index contributed by atoms with van der Waals surface area (Å²) < 4.78 is 26.3. The summed E-state index contributed by atoms with van der Waals surface area (Å²) in [4.78, 5) is 2.26. The summed E-state index contributed by atoms with van der Waals surface area (Å²) in [6, 6.07) is 0.493. The maximum Gasteiger partial charge on any atom is 0.249 e. The molecule has 0 aromatic rings. The molecule has 2 heterocycles. The number of nitrogens with one attached hydrogen (secondary N) is 1. The summed E-state index contributed by atoms with van der Waals surface area (Å²) in [7, 11) is 0. The first-order chi connectivity index (χ1) is 7.17. The molecule has 15 heavy (non-hydrogen) atoms. The van der Waals surface area contributed by atoms with Crippen LogP contribution in [0.5, 0.6) is 0 Å². The molecule has 2 aliphatic rings. The fourth-order valence-corrected chi connectivity index (χ4v) is 2.60. The smallest absolute Gasteiger partial charge is 0.249 e. The zero-order chi connectivity index (χ0) is 10.7. The minimum absolute atomic E-state index is 0.0451. The molecular formula is C11H20F2N2. The Morgan fingerprint density at radius 2 is 2.00 bits per heavy atom. The van der Waals surface area contributed by atoms with Gasteiger partial charge in [-0.25, -0.2) is 8.78 Å². The third kappa shape index (κ3) is 3.11. The quantitative estimate of drug-likeness (QED) is 0.722. The number of nitrogens with zero attached hydrogens (tertiary/aromatic N) is 1. The van der Waals surface area contributed by atoms with Crippen molar-refractivity contribution >= 4 is 0 Å². The highest BCUT2D eigenvalue weighted by atomic mass is 19.3. The highest BCUT2D eigenvalue weighted by Gasteiger charge is 2.33. The van der Waals surface area contributed by atoms with Gasteiger partial charge in [0.05, 0.1) is 0 Å². The van der Waals surface area contributed by atoms with Crippen LogP contribution >= 0.6 is 0 Å². The molecule has 0 saturated carbocycles. The van der Waals surface area contributed by atoms with Gasteiger partial charge in [0.25, 0.3) is 0 Å². The maximum atomic E-state index is 13.2. The minimum Gasteiger partial charge on any atom is -0.315 e. The second-order valence-electron chi connectivity index (χ2n) is 4.75. The SMILES string of the molecule is FC1(F)CCCN(C2CCCNC2)CC1. The Morgan fingerprint density at radius 3 is 2.73 bits per heavy atom. The van der Waals surface area contributed by atoms with Crippen molar-refractivity contribution < 1.29 is 8.78 Å². The van der Waals surface area contributed by atoms with Crippen LogP contribution in [0.15, 0.2) is 0 Å². The Balaban J connectivity index is 1.87. The fourth-order valence-electron chi connectivity index (χ4n) is 2.60. The molecular weight excluding hydrogens is 198 g/mol. The number of hydrogen-bond acceptors (Lipinski definition) is 2. The second-order valence-corrected chi connectivity index (χ2v) is 4.75. The fraction of sp³-hybridized carbons (Fsp3) is 1.00. The van der Waals surface area contributed by atoms with E-state index in [9.17, 15) is 8.78 Å². The summed E-state index contributed by atoms with van der Waals surface area (Å²) >= 11 is 0. The average molecular weight is 218 g/mol. The summed E-state index contributed by atoms with van der Waals surface area (Å²) in [6.07, 6.45) is 3.10. The van der Waals surface area contributed by atoms with Crippen LogP contribution in [0, 0.1) is 0 Å². The van der Waals surface area contributed by atoms with Crippen LogP contribution < -0.4 is 5.32 Å². The summed E-state index contributed by atoms with van der Waals surface area (Å²) in [6.45, 7) is 3.48. The lowest BCUT2D eigenvalue weighted by Gasteiger charge is -2.33. The Morgan fingerprint density at radius 1 is 1.13 bits per heavy atom. The van der Waals surface area contributed by atoms with Gasteiger partial charge < -0.3 is 5.32 Å². The van der Waals surface area contributed by atoms with Crippen molar-refractivity contribution in [2.45, 2.75) is 44.1 Å². The van der Waals surface area contributed by atoms with Gasteiger partial charge in [-0.2, -0.15) is 0 Å². The zero-order valence-corrected chi connectivity index (χ0v) is 9.14. The Kier molecular flexibility index (Phi) is 3.57. The van der Waals surface area contributed by atoms with Crippen molar-refractivity contribution in [1.29, 1.82) is 0 Å². The number of piperidine rings is 1. The highest BCUT2D eigenvalue weighted by molar-refractivity contribution is 4.83. The Hall–Kier alpha value is -0.220. The Bertz CT molecular complexity index is 203. The molecule has 4 heteroatoms. The van der Waals surface area contributed by atoms with Crippen molar-refractivity contribution in [2.24, 2.45) is 0 Å². The number of alkyl halides is 2. The van der Waals surface area contributed by atoms with Gasteiger partial charge in [0.15, 0.2) is 0 Å². The van der Waals surface area contributed by atoms with Gasteiger partial charge in [-0.05, 0) is 32.4 Å². The number of likely N-dealkylation sites (tertiary alicyclic amines) is 1. The Labute approximate surface area is 90.0 Å². The molecule has 2 rings (SSSR count). The molecule has 0 aromatic carbocycles. The lowest BCUT2D eigenvalue weighted by molar-refractivity contribution is -0.0143. The van der Waals surface area contributed by atoms with Gasteiger partial charge in [0, 0.05) is 32.0 Å². The molecule has 0 aliphatic carbocycles. The van der Waals surface area contributed by atoms with Crippen LogP contribution in [-0.2, 0) is 0 Å². The van der Waals surface area contributed by atoms with E-state index in [0.29, 0.717) is 19.0 Å². The lowest BCUT2D eigenvalue weighted by Crippen LogP contribution is -2.46. The van der Waals surface area contributed by atoms with Gasteiger partial charge >= 0.3 is 0 Å². The van der Waals surface area contributed by atoms with Crippen LogP contribution in [0.2, 0.25) is 0 Å². The zero-order valence-electron chi connectivity index (χ0n) is 9.14. The van der Waals surface area contributed by atoms with E-state index in [0.717, 1.165) is 19.6 Å². The molecule has 0 bridgehead atoms. The van der Waals surface area contributed by atoms with E-state index in [1.807, 2.05) is 0 Å². The standard InChI is InChI=1S/C11H20F2N2/c12-11(13)4-2-7-15(8-5-11)10-3-1-6-14-9-10/h10,14H,1-9H2. The van der Waals surface area contributed by atoms with Gasteiger partial charge in [0.2, 0.25) is 5.92 Å². The molecule has 2 aliphatic heterocycles. The molecule has 2 nitrogen and oxygen atoms in total. The highest BCUT2D eigenvalue weighted by Crippen LogP contribution is 2.29. The first-order valence-corrected chi connectivity index (χ1v) is 6.00. The van der Waals surface area contributed by atoms with Crippen molar-refractivity contribution in [3.05, 3.63) is 0 Å². The average Bonchev–Trinajstić information content (AvgIpc) is 2.41. The summed E-state index contributed by atoms with van der Waals surface area (Å²) in [5.41, 5.74) is 0. The maximum absolute atomic E-state index is 13.2. The molecule has 2 fully saturated rings. The van der Waals surface area contributed by atoms with E-state index in [-0.39, 0.29) is 12.8 Å². The first-order valence-electron chi connectivity index (χ1n) is 6.00. The third-order valence-corrected chi connectivity index (χ3v) is 3.54. The van der Waals surface area contributed by atoms with E-state index in [2.05, 4.69) is 10.2 Å². The molecule has 0 aromatic heterocycles. The van der Waals surface area contributed by atoms with Crippen LogP contribution in [0.4, 0.5) is 8.78 Å². The second kappa shape index (κ2) is 4.74. The van der Waals surface area contributed by atoms with Crippen molar-refractivity contribution in [3.63, 3.8) is 0 Å². The van der Waals surface area contributed by atoms with E-state index >= 15 is 0 Å². The van der Waals surface area contributed by atoms with Gasteiger partial charge in [0.1, 0.15) is 0 Å². The third-order valence-electron chi connectivity index (χ3n) is 3.54. The van der Waals surface area contributed by atoms with Gasteiger partial charge in [-0.1, -0.05) is 0 Å². The van der Waals surface area contributed by atoms with Crippen molar-refractivity contribution in [1.82, 2.24) is 10.2 Å². The predicted molar refractivity (Wildman–Crippen MR) is 56.3 cm³/mol. The molecule has 1 N–H and O–H groups in total. The normalized spacial score (nSPS) is 33.6. The van der Waals surface area contributed by atoms with Crippen LogP contribution in [0.25, 0.3) is 0 Å². The molecule has 1 unspecified atom stereocenters. The summed E-state index contributed by atoms with van der Waals surface area (Å²) in [5, 5.41) is 3.34. The number of halogens is 2. The van der Waals surface area contributed by atoms with Gasteiger partial charge in [-0.15, -0.1) is 0 Å². The lowest BCUT2D eigenvalue weighted by atomic mass is 10.1. The molecule has 0 amide bonds. The van der Waals surface area contributed by atoms with E-state index in [4.69, 9.17) is 0 Å². The molecule has 0 spiro atoms. The van der Waals surface area contributed by atoms with Gasteiger partial charge in [-0.3, -0.25) is 4.90 Å². The van der Waals surface area contributed by atoms with E-state index in [1.54, 1.807) is 0 Å². The molecule has 0 radical (unpaired) electrons. The summed E-state index contributed by atoms with van der Waals surface area (Å²) in [5.74, 6) is -2.42. The largest absolute Gasteiger partial charge is 0.315 e. The number of rotatable bonds is 1. The number of hydrogen-bond donors (Lipinski definition) is 1. The monoisotopic (exact) mass is 218 g/mol.